The van der Waals surface area contributed by atoms with Gasteiger partial charge in [0.1, 0.15) is 17.2 Å². The molecule has 0 saturated heterocycles. The molecule has 0 fully saturated rings. The van der Waals surface area contributed by atoms with Crippen LogP contribution in [0.25, 0.3) is 22.3 Å². The maximum Gasteiger partial charge on any atom is 0.337 e. The van der Waals surface area contributed by atoms with Gasteiger partial charge < -0.3 is 19.3 Å². The van der Waals surface area contributed by atoms with Gasteiger partial charge in [-0.3, -0.25) is 4.79 Å². The smallest absolute Gasteiger partial charge is 0.337 e. The standard InChI is InChI=1S/C24H21BrO6/c1-13(26)18-19(14-9-5-7-11-16(14)29-2)23(31-4)20(22(25)21(18)24(27)28)15-10-6-8-12-17(15)30-3/h5-12H,1-4H3,(H,27,28). The molecule has 7 heteroatoms. The van der Waals surface area contributed by atoms with Crippen molar-refractivity contribution < 1.29 is 28.9 Å². The lowest BCUT2D eigenvalue weighted by molar-refractivity contribution is 0.0691. The van der Waals surface area contributed by atoms with Gasteiger partial charge in [-0.2, -0.15) is 0 Å². The first-order chi connectivity index (χ1) is 14.9. The predicted octanol–water partition coefficient (Wildman–Crippen LogP) is 5.71. The average molecular weight is 485 g/mol. The molecule has 0 aliphatic carbocycles. The highest BCUT2D eigenvalue weighted by molar-refractivity contribution is 9.10. The van der Waals surface area contributed by atoms with Gasteiger partial charge in [-0.05, 0) is 35.0 Å². The molecule has 0 saturated carbocycles. The molecule has 160 valence electrons. The fourth-order valence-corrected chi connectivity index (χ4v) is 4.42. The van der Waals surface area contributed by atoms with E-state index in [-0.39, 0.29) is 15.6 Å². The number of benzene rings is 3. The third-order valence-electron chi connectivity index (χ3n) is 4.92. The molecule has 0 amide bonds. The van der Waals surface area contributed by atoms with Gasteiger partial charge in [0.05, 0.1) is 26.9 Å². The Balaban J connectivity index is 2.63. The van der Waals surface area contributed by atoms with E-state index in [1.165, 1.54) is 28.3 Å². The molecule has 3 rings (SSSR count). The Hall–Kier alpha value is -3.32. The first-order valence-corrected chi connectivity index (χ1v) is 10.1. The number of carbonyl (C=O) groups excluding carboxylic acids is 1. The normalized spacial score (nSPS) is 10.5. The Labute approximate surface area is 188 Å². The lowest BCUT2D eigenvalue weighted by Crippen LogP contribution is -2.12. The van der Waals surface area contributed by atoms with E-state index in [1.807, 2.05) is 12.1 Å². The largest absolute Gasteiger partial charge is 0.496 e. The van der Waals surface area contributed by atoms with Gasteiger partial charge in [0.15, 0.2) is 5.78 Å². The first-order valence-electron chi connectivity index (χ1n) is 9.31. The summed E-state index contributed by atoms with van der Waals surface area (Å²) in [6.45, 7) is 1.33. The zero-order valence-electron chi connectivity index (χ0n) is 17.5. The quantitative estimate of drug-likeness (QED) is 0.432. The van der Waals surface area contributed by atoms with Gasteiger partial charge in [-0.15, -0.1) is 0 Å². The van der Waals surface area contributed by atoms with Crippen LogP contribution in [-0.4, -0.2) is 38.2 Å². The summed E-state index contributed by atoms with van der Waals surface area (Å²) < 4.78 is 17.0. The first kappa shape index (κ1) is 22.4. The highest BCUT2D eigenvalue weighted by atomic mass is 79.9. The topological polar surface area (TPSA) is 82.1 Å². The molecule has 0 spiro atoms. The summed E-state index contributed by atoms with van der Waals surface area (Å²) in [4.78, 5) is 25.1. The van der Waals surface area contributed by atoms with Crippen molar-refractivity contribution in [3.8, 4) is 39.5 Å². The van der Waals surface area contributed by atoms with Crippen LogP contribution in [0.3, 0.4) is 0 Å². The van der Waals surface area contributed by atoms with E-state index in [2.05, 4.69) is 15.9 Å². The van der Waals surface area contributed by atoms with Crippen LogP contribution in [0, 0.1) is 0 Å². The molecule has 3 aromatic carbocycles. The Bertz CT molecular complexity index is 1170. The lowest BCUT2D eigenvalue weighted by atomic mass is 9.87. The third-order valence-corrected chi connectivity index (χ3v) is 5.71. The summed E-state index contributed by atoms with van der Waals surface area (Å²) in [6, 6.07) is 14.3. The SMILES string of the molecule is COc1ccccc1-c1c(Br)c(C(=O)O)c(C(C)=O)c(-c2ccccc2OC)c1OC. The number of halogens is 1. The van der Waals surface area contributed by atoms with Crippen LogP contribution in [0.4, 0.5) is 0 Å². The van der Waals surface area contributed by atoms with Crippen molar-refractivity contribution in [1.82, 2.24) is 0 Å². The molecule has 0 aliphatic rings. The number of hydrogen-bond donors (Lipinski definition) is 1. The summed E-state index contributed by atoms with van der Waals surface area (Å²) >= 11 is 3.44. The van der Waals surface area contributed by atoms with Crippen LogP contribution in [0.2, 0.25) is 0 Å². The number of carboxylic acid groups (broad SMARTS) is 1. The van der Waals surface area contributed by atoms with E-state index in [4.69, 9.17) is 14.2 Å². The second kappa shape index (κ2) is 9.22. The fraction of sp³-hybridized carbons (Fsp3) is 0.167. The molecule has 0 unspecified atom stereocenters. The molecule has 3 aromatic rings. The summed E-state index contributed by atoms with van der Waals surface area (Å²) in [5, 5.41) is 10.1. The summed E-state index contributed by atoms with van der Waals surface area (Å²) in [5.74, 6) is -0.320. The monoisotopic (exact) mass is 484 g/mol. The van der Waals surface area contributed by atoms with Crippen LogP contribution in [0.5, 0.6) is 17.2 Å². The van der Waals surface area contributed by atoms with E-state index in [0.717, 1.165) is 0 Å². The van der Waals surface area contributed by atoms with Gasteiger partial charge in [0.25, 0.3) is 0 Å². The van der Waals surface area contributed by atoms with Gasteiger partial charge >= 0.3 is 5.97 Å². The summed E-state index contributed by atoms with van der Waals surface area (Å²) in [7, 11) is 4.52. The molecule has 0 heterocycles. The second-order valence-corrected chi connectivity index (χ2v) is 7.40. The van der Waals surface area contributed by atoms with E-state index < -0.39 is 11.8 Å². The average Bonchev–Trinajstić information content (AvgIpc) is 2.77. The number of Topliss-reactive ketones (excluding diaryl/α,β-unsaturated/α-hetero) is 1. The van der Waals surface area contributed by atoms with Crippen LogP contribution in [-0.2, 0) is 0 Å². The number of para-hydroxylation sites is 2. The van der Waals surface area contributed by atoms with E-state index in [1.54, 1.807) is 36.4 Å². The number of carboxylic acids is 1. The zero-order valence-corrected chi connectivity index (χ0v) is 19.1. The summed E-state index contributed by atoms with van der Waals surface area (Å²) in [5.41, 5.74) is 1.83. The van der Waals surface area contributed by atoms with Crippen LogP contribution >= 0.6 is 15.9 Å². The number of methoxy groups -OCH3 is 3. The second-order valence-electron chi connectivity index (χ2n) is 6.61. The predicted molar refractivity (Wildman–Crippen MR) is 122 cm³/mol. The summed E-state index contributed by atoms with van der Waals surface area (Å²) in [6.07, 6.45) is 0. The van der Waals surface area contributed by atoms with Crippen LogP contribution in [0.1, 0.15) is 27.6 Å². The maximum atomic E-state index is 12.8. The van der Waals surface area contributed by atoms with Crippen molar-refractivity contribution in [1.29, 1.82) is 0 Å². The lowest BCUT2D eigenvalue weighted by Gasteiger charge is -2.23. The molecule has 0 aliphatic heterocycles. The minimum absolute atomic E-state index is 0.0272. The highest BCUT2D eigenvalue weighted by Crippen LogP contribution is 2.51. The molecule has 0 atom stereocenters. The van der Waals surface area contributed by atoms with Crippen molar-refractivity contribution in [2.45, 2.75) is 6.92 Å². The fourth-order valence-electron chi connectivity index (χ4n) is 3.65. The Morgan fingerprint density at radius 2 is 1.26 bits per heavy atom. The van der Waals surface area contributed by atoms with Crippen LogP contribution in [0.15, 0.2) is 53.0 Å². The minimum atomic E-state index is -1.24. The number of rotatable bonds is 7. The molecule has 1 N–H and O–H groups in total. The Morgan fingerprint density at radius 3 is 1.68 bits per heavy atom. The van der Waals surface area contributed by atoms with Crippen LogP contribution < -0.4 is 14.2 Å². The van der Waals surface area contributed by atoms with Crippen molar-refractivity contribution in [2.24, 2.45) is 0 Å². The van der Waals surface area contributed by atoms with Gasteiger partial charge in [-0.25, -0.2) is 4.79 Å². The van der Waals surface area contributed by atoms with E-state index in [9.17, 15) is 14.7 Å². The van der Waals surface area contributed by atoms with Crippen molar-refractivity contribution >= 4 is 27.7 Å². The molecule has 0 aromatic heterocycles. The number of hydrogen-bond acceptors (Lipinski definition) is 5. The highest BCUT2D eigenvalue weighted by Gasteiger charge is 2.32. The van der Waals surface area contributed by atoms with E-state index in [0.29, 0.717) is 39.5 Å². The van der Waals surface area contributed by atoms with Gasteiger partial charge in [-0.1, -0.05) is 36.4 Å². The molecular weight excluding hydrogens is 464 g/mol. The minimum Gasteiger partial charge on any atom is -0.496 e. The van der Waals surface area contributed by atoms with Crippen molar-refractivity contribution in [3.05, 3.63) is 64.1 Å². The Morgan fingerprint density at radius 1 is 0.774 bits per heavy atom. The molecule has 31 heavy (non-hydrogen) atoms. The molecular formula is C24H21BrO6. The Kier molecular flexibility index (Phi) is 6.65. The number of ketones is 1. The molecule has 0 bridgehead atoms. The van der Waals surface area contributed by atoms with Gasteiger partial charge in [0.2, 0.25) is 0 Å². The van der Waals surface area contributed by atoms with Gasteiger partial charge in [0, 0.05) is 32.3 Å². The number of ether oxygens (including phenoxy) is 3. The maximum absolute atomic E-state index is 12.8. The number of aromatic carboxylic acids is 1. The van der Waals surface area contributed by atoms with E-state index >= 15 is 0 Å². The molecule has 6 nitrogen and oxygen atoms in total. The molecule has 0 radical (unpaired) electrons. The van der Waals surface area contributed by atoms with Crippen molar-refractivity contribution in [3.63, 3.8) is 0 Å². The number of carbonyl (C=O) groups is 2. The third kappa shape index (κ3) is 3.88. The zero-order chi connectivity index (χ0) is 22.7. The van der Waals surface area contributed by atoms with Crippen molar-refractivity contribution in [2.75, 3.05) is 21.3 Å².